The summed E-state index contributed by atoms with van der Waals surface area (Å²) in [4.78, 5) is 21.7. The van der Waals surface area contributed by atoms with E-state index < -0.39 is 0 Å². The van der Waals surface area contributed by atoms with E-state index in [1.54, 1.807) is 6.33 Å². The molecule has 2 aromatic rings. The zero-order chi connectivity index (χ0) is 14.7. The number of piperidine rings is 1. The van der Waals surface area contributed by atoms with Gasteiger partial charge in [-0.25, -0.2) is 4.98 Å². The SMILES string of the molecule is CN1CCCC[C@H]1CC(=O)NCc1ccc2nc[nH]c2c1. The van der Waals surface area contributed by atoms with Crippen molar-refractivity contribution in [3.8, 4) is 0 Å². The molecule has 112 valence electrons. The Labute approximate surface area is 124 Å². The first-order valence-electron chi connectivity index (χ1n) is 7.61. The van der Waals surface area contributed by atoms with Gasteiger partial charge in [-0.2, -0.15) is 0 Å². The molecule has 1 aliphatic heterocycles. The van der Waals surface area contributed by atoms with Crippen molar-refractivity contribution in [3.05, 3.63) is 30.1 Å². The molecule has 1 aromatic heterocycles. The van der Waals surface area contributed by atoms with Crippen molar-refractivity contribution >= 4 is 16.9 Å². The first kappa shape index (κ1) is 14.1. The van der Waals surface area contributed by atoms with E-state index in [1.807, 2.05) is 18.2 Å². The van der Waals surface area contributed by atoms with Crippen LogP contribution in [0.2, 0.25) is 0 Å². The van der Waals surface area contributed by atoms with Gasteiger partial charge in [0, 0.05) is 19.0 Å². The van der Waals surface area contributed by atoms with Crippen LogP contribution in [0.5, 0.6) is 0 Å². The minimum Gasteiger partial charge on any atom is -0.352 e. The molecular weight excluding hydrogens is 264 g/mol. The molecule has 0 aliphatic carbocycles. The summed E-state index contributed by atoms with van der Waals surface area (Å²) in [6.07, 6.45) is 5.90. The van der Waals surface area contributed by atoms with Gasteiger partial charge in [-0.05, 0) is 44.1 Å². The molecule has 0 unspecified atom stereocenters. The van der Waals surface area contributed by atoms with Gasteiger partial charge < -0.3 is 15.2 Å². The van der Waals surface area contributed by atoms with Gasteiger partial charge in [0.15, 0.2) is 0 Å². The molecule has 1 aromatic carbocycles. The van der Waals surface area contributed by atoms with E-state index in [0.29, 0.717) is 19.0 Å². The van der Waals surface area contributed by atoms with Crippen molar-refractivity contribution in [2.45, 2.75) is 38.3 Å². The quantitative estimate of drug-likeness (QED) is 0.904. The van der Waals surface area contributed by atoms with Gasteiger partial charge in [-0.15, -0.1) is 0 Å². The van der Waals surface area contributed by atoms with Crippen LogP contribution >= 0.6 is 0 Å². The minimum atomic E-state index is 0.137. The Morgan fingerprint density at radius 1 is 1.48 bits per heavy atom. The largest absolute Gasteiger partial charge is 0.352 e. The molecule has 0 saturated carbocycles. The third-order valence-corrected chi connectivity index (χ3v) is 4.32. The van der Waals surface area contributed by atoms with Crippen LogP contribution < -0.4 is 5.32 Å². The number of amides is 1. The van der Waals surface area contributed by atoms with Crippen LogP contribution in [0.4, 0.5) is 0 Å². The lowest BCUT2D eigenvalue weighted by Gasteiger charge is -2.31. The molecule has 2 heterocycles. The summed E-state index contributed by atoms with van der Waals surface area (Å²) in [7, 11) is 2.11. The zero-order valence-corrected chi connectivity index (χ0v) is 12.4. The van der Waals surface area contributed by atoms with E-state index in [9.17, 15) is 4.79 Å². The third-order valence-electron chi connectivity index (χ3n) is 4.32. The number of hydrogen-bond donors (Lipinski definition) is 2. The minimum absolute atomic E-state index is 0.137. The number of aromatic amines is 1. The Morgan fingerprint density at radius 2 is 2.38 bits per heavy atom. The molecule has 0 spiro atoms. The lowest BCUT2D eigenvalue weighted by molar-refractivity contribution is -0.122. The Balaban J connectivity index is 1.53. The van der Waals surface area contributed by atoms with Crippen molar-refractivity contribution in [2.24, 2.45) is 0 Å². The van der Waals surface area contributed by atoms with E-state index in [-0.39, 0.29) is 5.91 Å². The number of imidazole rings is 1. The molecule has 1 atom stereocenters. The first-order valence-corrected chi connectivity index (χ1v) is 7.61. The van der Waals surface area contributed by atoms with Crippen LogP contribution in [0.1, 0.15) is 31.2 Å². The molecule has 0 bridgehead atoms. The molecule has 1 saturated heterocycles. The third kappa shape index (κ3) is 3.42. The van der Waals surface area contributed by atoms with Crippen LogP contribution in [0, 0.1) is 0 Å². The topological polar surface area (TPSA) is 61.0 Å². The fourth-order valence-corrected chi connectivity index (χ4v) is 2.98. The molecule has 1 amide bonds. The average molecular weight is 286 g/mol. The highest BCUT2D eigenvalue weighted by Crippen LogP contribution is 2.17. The number of hydrogen-bond acceptors (Lipinski definition) is 3. The molecule has 2 N–H and O–H groups in total. The second kappa shape index (κ2) is 6.26. The molecule has 5 heteroatoms. The maximum atomic E-state index is 12.1. The first-order chi connectivity index (χ1) is 10.2. The predicted octanol–water partition coefficient (Wildman–Crippen LogP) is 2.05. The van der Waals surface area contributed by atoms with E-state index in [1.165, 1.54) is 12.8 Å². The number of nitrogens with zero attached hydrogens (tertiary/aromatic N) is 2. The van der Waals surface area contributed by atoms with Crippen molar-refractivity contribution in [1.82, 2.24) is 20.2 Å². The van der Waals surface area contributed by atoms with E-state index in [0.717, 1.165) is 29.6 Å². The Bertz CT molecular complexity index is 622. The summed E-state index contributed by atoms with van der Waals surface area (Å²) >= 11 is 0. The van der Waals surface area contributed by atoms with Gasteiger partial charge in [0.2, 0.25) is 5.91 Å². The Hall–Kier alpha value is -1.88. The van der Waals surface area contributed by atoms with Crippen LogP contribution in [-0.2, 0) is 11.3 Å². The molecule has 0 radical (unpaired) electrons. The standard InChI is InChI=1S/C16H22N4O/c1-20-7-3-2-4-13(20)9-16(21)17-10-12-5-6-14-15(8-12)19-11-18-14/h5-6,8,11,13H,2-4,7,9-10H2,1H3,(H,17,21)(H,18,19)/t13-/m0/s1. The van der Waals surface area contributed by atoms with E-state index in [4.69, 9.17) is 0 Å². The number of fused-ring (bicyclic) bond motifs is 1. The second-order valence-corrected chi connectivity index (χ2v) is 5.87. The van der Waals surface area contributed by atoms with Gasteiger partial charge in [-0.1, -0.05) is 12.5 Å². The normalized spacial score (nSPS) is 19.8. The summed E-state index contributed by atoms with van der Waals surface area (Å²) < 4.78 is 0. The summed E-state index contributed by atoms with van der Waals surface area (Å²) in [5.41, 5.74) is 3.06. The van der Waals surface area contributed by atoms with Crippen LogP contribution in [0.3, 0.4) is 0 Å². The Kier molecular flexibility index (Phi) is 4.20. The number of benzene rings is 1. The lowest BCUT2D eigenvalue weighted by atomic mass is 10.00. The van der Waals surface area contributed by atoms with Gasteiger partial charge in [-0.3, -0.25) is 4.79 Å². The number of nitrogens with one attached hydrogen (secondary N) is 2. The number of likely N-dealkylation sites (tertiary alicyclic amines) is 1. The molecule has 1 fully saturated rings. The van der Waals surface area contributed by atoms with Crippen LogP contribution in [0.25, 0.3) is 11.0 Å². The highest BCUT2D eigenvalue weighted by Gasteiger charge is 2.21. The van der Waals surface area contributed by atoms with Crippen molar-refractivity contribution in [1.29, 1.82) is 0 Å². The molecule has 3 rings (SSSR count). The summed E-state index contributed by atoms with van der Waals surface area (Å²) in [5, 5.41) is 3.02. The maximum absolute atomic E-state index is 12.1. The van der Waals surface area contributed by atoms with Crippen molar-refractivity contribution in [3.63, 3.8) is 0 Å². The van der Waals surface area contributed by atoms with Crippen LogP contribution in [0.15, 0.2) is 24.5 Å². The van der Waals surface area contributed by atoms with E-state index in [2.05, 4.69) is 27.2 Å². The van der Waals surface area contributed by atoms with Gasteiger partial charge in [0.1, 0.15) is 0 Å². The number of rotatable bonds is 4. The number of H-pyrrole nitrogens is 1. The summed E-state index contributed by atoms with van der Waals surface area (Å²) in [6, 6.07) is 6.42. The lowest BCUT2D eigenvalue weighted by Crippen LogP contribution is -2.40. The maximum Gasteiger partial charge on any atom is 0.221 e. The van der Waals surface area contributed by atoms with Crippen molar-refractivity contribution < 1.29 is 4.79 Å². The molecule has 1 aliphatic rings. The monoisotopic (exact) mass is 286 g/mol. The summed E-state index contributed by atoms with van der Waals surface area (Å²) in [6.45, 7) is 1.68. The van der Waals surface area contributed by atoms with Gasteiger partial charge in [0.05, 0.1) is 17.4 Å². The highest BCUT2D eigenvalue weighted by atomic mass is 16.1. The zero-order valence-electron chi connectivity index (χ0n) is 12.4. The fourth-order valence-electron chi connectivity index (χ4n) is 2.98. The van der Waals surface area contributed by atoms with Gasteiger partial charge >= 0.3 is 0 Å². The predicted molar refractivity (Wildman–Crippen MR) is 82.8 cm³/mol. The number of carbonyl (C=O) groups is 1. The van der Waals surface area contributed by atoms with Gasteiger partial charge in [0.25, 0.3) is 0 Å². The molecular formula is C16H22N4O. The van der Waals surface area contributed by atoms with Crippen molar-refractivity contribution in [2.75, 3.05) is 13.6 Å². The van der Waals surface area contributed by atoms with E-state index >= 15 is 0 Å². The smallest absolute Gasteiger partial charge is 0.221 e. The average Bonchev–Trinajstić information content (AvgIpc) is 2.95. The second-order valence-electron chi connectivity index (χ2n) is 5.87. The number of aromatic nitrogens is 2. The van der Waals surface area contributed by atoms with Crippen LogP contribution in [-0.4, -0.2) is 40.4 Å². The number of carbonyl (C=O) groups excluding carboxylic acids is 1. The fraction of sp³-hybridized carbons (Fsp3) is 0.500. The highest BCUT2D eigenvalue weighted by molar-refractivity contribution is 5.77. The molecule has 5 nitrogen and oxygen atoms in total. The molecule has 21 heavy (non-hydrogen) atoms. The Morgan fingerprint density at radius 3 is 3.24 bits per heavy atom. The summed E-state index contributed by atoms with van der Waals surface area (Å²) in [5.74, 6) is 0.137.